The molecule has 0 aliphatic rings. The highest BCUT2D eigenvalue weighted by Crippen LogP contribution is 2.37. The van der Waals surface area contributed by atoms with Crippen LogP contribution in [0.25, 0.3) is 0 Å². The van der Waals surface area contributed by atoms with Crippen molar-refractivity contribution in [2.75, 3.05) is 0 Å². The van der Waals surface area contributed by atoms with Crippen molar-refractivity contribution in [3.05, 3.63) is 24.8 Å². The maximum atomic E-state index is 12.3. The van der Waals surface area contributed by atoms with Gasteiger partial charge in [0.15, 0.2) is 0 Å². The number of rotatable bonds is 1. The summed E-state index contributed by atoms with van der Waals surface area (Å²) in [6, 6.07) is 0.653. The van der Waals surface area contributed by atoms with Crippen molar-refractivity contribution < 1.29 is 18.3 Å². The van der Waals surface area contributed by atoms with E-state index in [1.54, 1.807) is 28.7 Å². The van der Waals surface area contributed by atoms with Crippen LogP contribution in [0.2, 0.25) is 0 Å². The van der Waals surface area contributed by atoms with Crippen molar-refractivity contribution in [3.8, 4) is 5.75 Å². The lowest BCUT2D eigenvalue weighted by Gasteiger charge is -2.18. The number of benzene rings is 1. The summed E-state index contributed by atoms with van der Waals surface area (Å²) in [6.45, 7) is 0. The Labute approximate surface area is 111 Å². The quantitative estimate of drug-likeness (QED) is 0.656. The molecule has 0 fully saturated rings. The SMILES string of the molecule is N[C@H](c1cc(I)cc(I)c1O)C(F)(F)F. The van der Waals surface area contributed by atoms with E-state index >= 15 is 0 Å². The van der Waals surface area contributed by atoms with Crippen molar-refractivity contribution in [1.82, 2.24) is 0 Å². The van der Waals surface area contributed by atoms with Gasteiger partial charge in [0, 0.05) is 9.13 Å². The normalized spacial score (nSPS) is 14.0. The van der Waals surface area contributed by atoms with Gasteiger partial charge in [0.1, 0.15) is 11.8 Å². The van der Waals surface area contributed by atoms with Crippen molar-refractivity contribution in [2.24, 2.45) is 5.73 Å². The first-order valence-corrected chi connectivity index (χ1v) is 5.89. The van der Waals surface area contributed by atoms with Crippen LogP contribution in [0.1, 0.15) is 11.6 Å². The molecule has 0 amide bonds. The molecule has 0 saturated heterocycles. The molecule has 3 N–H and O–H groups in total. The van der Waals surface area contributed by atoms with Crippen LogP contribution in [-0.2, 0) is 0 Å². The molecule has 0 radical (unpaired) electrons. The zero-order valence-electron chi connectivity index (χ0n) is 7.15. The number of nitrogens with two attached hydrogens (primary N) is 1. The van der Waals surface area contributed by atoms with Gasteiger partial charge < -0.3 is 10.8 Å². The minimum absolute atomic E-state index is 0.293. The van der Waals surface area contributed by atoms with E-state index in [2.05, 4.69) is 0 Å². The highest BCUT2D eigenvalue weighted by molar-refractivity contribution is 14.1. The molecule has 1 rings (SSSR count). The third-order valence-corrected chi connectivity index (χ3v) is 3.19. The van der Waals surface area contributed by atoms with Gasteiger partial charge in [0.05, 0.1) is 3.57 Å². The fourth-order valence-corrected chi connectivity index (χ4v) is 2.89. The Kier molecular flexibility index (Phi) is 4.09. The minimum atomic E-state index is -4.55. The lowest BCUT2D eigenvalue weighted by atomic mass is 10.1. The van der Waals surface area contributed by atoms with E-state index in [1.807, 2.05) is 22.6 Å². The topological polar surface area (TPSA) is 46.2 Å². The number of phenols is 1. The number of aromatic hydroxyl groups is 1. The van der Waals surface area contributed by atoms with Crippen LogP contribution in [0.15, 0.2) is 12.1 Å². The molecule has 84 valence electrons. The Morgan fingerprint density at radius 1 is 1.27 bits per heavy atom. The van der Waals surface area contributed by atoms with Crippen molar-refractivity contribution >= 4 is 45.2 Å². The lowest BCUT2D eigenvalue weighted by molar-refractivity contribution is -0.149. The second-order valence-electron chi connectivity index (χ2n) is 2.84. The van der Waals surface area contributed by atoms with Gasteiger partial charge in [-0.15, -0.1) is 0 Å². The number of alkyl halides is 3. The molecule has 0 bridgehead atoms. The third kappa shape index (κ3) is 3.09. The van der Waals surface area contributed by atoms with Gasteiger partial charge in [-0.2, -0.15) is 13.2 Å². The fraction of sp³-hybridized carbons (Fsp3) is 0.250. The summed E-state index contributed by atoms with van der Waals surface area (Å²) in [4.78, 5) is 0. The number of hydrogen-bond acceptors (Lipinski definition) is 2. The maximum absolute atomic E-state index is 12.3. The standard InChI is InChI=1S/C8H6F3I2NO/c9-8(10,11)7(14)4-1-3(12)2-5(13)6(4)15/h1-2,7,15H,14H2/t7-/m1/s1. The number of halogens is 5. The van der Waals surface area contributed by atoms with E-state index < -0.39 is 18.0 Å². The molecule has 15 heavy (non-hydrogen) atoms. The average molecular weight is 443 g/mol. The molecule has 0 unspecified atom stereocenters. The first-order valence-electron chi connectivity index (χ1n) is 3.73. The smallest absolute Gasteiger partial charge is 0.407 e. The van der Waals surface area contributed by atoms with Gasteiger partial charge in [-0.3, -0.25) is 0 Å². The molecule has 0 spiro atoms. The first kappa shape index (κ1) is 13.3. The molecule has 0 saturated carbocycles. The molecular weight excluding hydrogens is 437 g/mol. The Morgan fingerprint density at radius 2 is 1.80 bits per heavy atom. The number of hydrogen-bond donors (Lipinski definition) is 2. The predicted octanol–water partition coefficient (Wildman–Crippen LogP) is 3.16. The molecule has 1 aromatic carbocycles. The molecule has 1 atom stereocenters. The van der Waals surface area contributed by atoms with Gasteiger partial charge in [0.25, 0.3) is 0 Å². The zero-order chi connectivity index (χ0) is 11.8. The highest BCUT2D eigenvalue weighted by Gasteiger charge is 2.39. The lowest BCUT2D eigenvalue weighted by Crippen LogP contribution is -2.28. The van der Waals surface area contributed by atoms with E-state index in [0.29, 0.717) is 7.14 Å². The van der Waals surface area contributed by atoms with Crippen molar-refractivity contribution in [2.45, 2.75) is 12.2 Å². The van der Waals surface area contributed by atoms with Gasteiger partial charge >= 0.3 is 6.18 Å². The summed E-state index contributed by atoms with van der Waals surface area (Å²) in [5.41, 5.74) is 4.73. The predicted molar refractivity (Wildman–Crippen MR) is 66.5 cm³/mol. The van der Waals surface area contributed by atoms with Crippen LogP contribution in [0.5, 0.6) is 5.75 Å². The maximum Gasteiger partial charge on any atom is 0.407 e. The summed E-state index contributed by atoms with van der Waals surface area (Å²) in [5, 5.41) is 9.46. The van der Waals surface area contributed by atoms with Crippen molar-refractivity contribution in [1.29, 1.82) is 0 Å². The van der Waals surface area contributed by atoms with Gasteiger partial charge in [-0.05, 0) is 57.3 Å². The Hall–Kier alpha value is 0.230. The summed E-state index contributed by atoms with van der Waals surface area (Å²) in [5.74, 6) is -0.402. The third-order valence-electron chi connectivity index (χ3n) is 1.75. The van der Waals surface area contributed by atoms with Gasteiger partial charge in [0.2, 0.25) is 0 Å². The summed E-state index contributed by atoms with van der Waals surface area (Å²) in [7, 11) is 0. The van der Waals surface area contributed by atoms with Crippen LogP contribution in [0.3, 0.4) is 0 Å². The Bertz CT molecular complexity index is 381. The molecule has 0 aromatic heterocycles. The fourth-order valence-electron chi connectivity index (χ4n) is 0.999. The van der Waals surface area contributed by atoms with Crippen LogP contribution in [-0.4, -0.2) is 11.3 Å². The largest absolute Gasteiger partial charge is 0.506 e. The zero-order valence-corrected chi connectivity index (χ0v) is 11.5. The van der Waals surface area contributed by atoms with Crippen LogP contribution < -0.4 is 5.73 Å². The summed E-state index contributed by atoms with van der Waals surface area (Å²) >= 11 is 3.63. The Balaban J connectivity index is 3.25. The Morgan fingerprint density at radius 3 is 2.27 bits per heavy atom. The molecule has 1 aromatic rings. The van der Waals surface area contributed by atoms with E-state index in [-0.39, 0.29) is 5.56 Å². The van der Waals surface area contributed by atoms with E-state index in [1.165, 1.54) is 6.07 Å². The molecule has 0 aliphatic heterocycles. The van der Waals surface area contributed by atoms with Crippen molar-refractivity contribution in [3.63, 3.8) is 0 Å². The molecule has 2 nitrogen and oxygen atoms in total. The molecular formula is C8H6F3I2NO. The van der Waals surface area contributed by atoms with Gasteiger partial charge in [-0.25, -0.2) is 0 Å². The second kappa shape index (κ2) is 4.62. The van der Waals surface area contributed by atoms with Crippen LogP contribution >= 0.6 is 45.2 Å². The second-order valence-corrected chi connectivity index (χ2v) is 5.25. The number of phenolic OH excluding ortho intramolecular Hbond substituents is 1. The van der Waals surface area contributed by atoms with Crippen LogP contribution in [0, 0.1) is 7.14 Å². The van der Waals surface area contributed by atoms with E-state index in [9.17, 15) is 18.3 Å². The van der Waals surface area contributed by atoms with E-state index in [0.717, 1.165) is 0 Å². The average Bonchev–Trinajstić information content (AvgIpc) is 2.08. The summed E-state index contributed by atoms with van der Waals surface area (Å²) in [6.07, 6.45) is -4.55. The molecule has 0 aliphatic carbocycles. The summed E-state index contributed by atoms with van der Waals surface area (Å²) < 4.78 is 38.0. The van der Waals surface area contributed by atoms with Crippen LogP contribution in [0.4, 0.5) is 13.2 Å². The monoisotopic (exact) mass is 443 g/mol. The highest BCUT2D eigenvalue weighted by atomic mass is 127. The van der Waals surface area contributed by atoms with E-state index in [4.69, 9.17) is 5.73 Å². The first-order chi connectivity index (χ1) is 6.73. The van der Waals surface area contributed by atoms with Gasteiger partial charge in [-0.1, -0.05) is 0 Å². The molecule has 7 heteroatoms. The minimum Gasteiger partial charge on any atom is -0.506 e. The molecule has 0 heterocycles.